The van der Waals surface area contributed by atoms with Gasteiger partial charge in [-0.15, -0.1) is 10.2 Å². The number of fused-ring (bicyclic) bond motifs is 2. The highest BCUT2D eigenvalue weighted by molar-refractivity contribution is 5.97. The van der Waals surface area contributed by atoms with Gasteiger partial charge in [-0.05, 0) is 22.8 Å². The number of allylic oxidation sites excluding steroid dienone is 3. The van der Waals surface area contributed by atoms with Gasteiger partial charge in [0.2, 0.25) is 5.91 Å². The predicted octanol–water partition coefficient (Wildman–Crippen LogP) is 5.00. The lowest BCUT2D eigenvalue weighted by Crippen LogP contribution is -2.34. The van der Waals surface area contributed by atoms with Crippen molar-refractivity contribution in [3.63, 3.8) is 0 Å². The first-order chi connectivity index (χ1) is 14.9. The van der Waals surface area contributed by atoms with Crippen molar-refractivity contribution in [3.8, 4) is 0 Å². The molecule has 1 unspecified atom stereocenters. The lowest BCUT2D eigenvalue weighted by Gasteiger charge is -2.21. The fourth-order valence-corrected chi connectivity index (χ4v) is 4.55. The zero-order valence-corrected chi connectivity index (χ0v) is 17.6. The maximum Gasteiger partial charge on any atom is 0.276 e. The zero-order valence-electron chi connectivity index (χ0n) is 17.6. The molecule has 0 bridgehead atoms. The van der Waals surface area contributed by atoms with E-state index in [0.29, 0.717) is 18.7 Å². The summed E-state index contributed by atoms with van der Waals surface area (Å²) in [6, 6.07) is 16.0. The summed E-state index contributed by atoms with van der Waals surface area (Å²) < 4.78 is 0. The molecule has 0 N–H and O–H groups in total. The average Bonchev–Trinajstić information content (AvgIpc) is 3.06. The number of carbonyl (C=O) groups is 2. The van der Waals surface area contributed by atoms with E-state index in [4.69, 9.17) is 0 Å². The van der Waals surface area contributed by atoms with Crippen molar-refractivity contribution < 1.29 is 9.59 Å². The molecule has 1 aliphatic carbocycles. The molecule has 31 heavy (non-hydrogen) atoms. The Bertz CT molecular complexity index is 1200. The number of amides is 2. The summed E-state index contributed by atoms with van der Waals surface area (Å²) >= 11 is 0. The van der Waals surface area contributed by atoms with E-state index in [-0.39, 0.29) is 23.1 Å². The second-order valence-electron chi connectivity index (χ2n) is 8.82. The van der Waals surface area contributed by atoms with Gasteiger partial charge in [-0.25, -0.2) is 0 Å². The molecule has 0 saturated heterocycles. The number of hydrogen-bond acceptors (Lipinski definition) is 3. The monoisotopic (exact) mass is 409 g/mol. The van der Waals surface area contributed by atoms with Gasteiger partial charge < -0.3 is 4.90 Å². The Morgan fingerprint density at radius 2 is 1.84 bits per heavy atom. The largest absolute Gasteiger partial charge is 0.311 e. The molecule has 3 aliphatic rings. The minimum Gasteiger partial charge on any atom is -0.311 e. The van der Waals surface area contributed by atoms with Gasteiger partial charge in [0.05, 0.1) is 18.0 Å². The molecule has 0 radical (unpaired) electrons. The van der Waals surface area contributed by atoms with E-state index < -0.39 is 0 Å². The molecule has 2 aromatic rings. The Morgan fingerprint density at radius 1 is 1.06 bits per heavy atom. The molecular formula is C26H23N3O2. The predicted molar refractivity (Wildman–Crippen MR) is 121 cm³/mol. The van der Waals surface area contributed by atoms with Crippen LogP contribution in [0.3, 0.4) is 0 Å². The average molecular weight is 409 g/mol. The second kappa shape index (κ2) is 7.27. The Morgan fingerprint density at radius 3 is 2.65 bits per heavy atom. The third-order valence-corrected chi connectivity index (χ3v) is 6.17. The highest BCUT2D eigenvalue weighted by Crippen LogP contribution is 2.40. The van der Waals surface area contributed by atoms with Crippen molar-refractivity contribution in [2.45, 2.75) is 25.7 Å². The number of anilines is 1. The van der Waals surface area contributed by atoms with Gasteiger partial charge in [0, 0.05) is 23.2 Å². The van der Waals surface area contributed by atoms with Crippen LogP contribution in [0.1, 0.15) is 30.5 Å². The summed E-state index contributed by atoms with van der Waals surface area (Å²) in [5, 5.41) is 7.97. The second-order valence-corrected chi connectivity index (χ2v) is 8.82. The first kappa shape index (κ1) is 19.4. The third-order valence-electron chi connectivity index (χ3n) is 6.17. The van der Waals surface area contributed by atoms with Crippen LogP contribution in [-0.4, -0.2) is 18.4 Å². The van der Waals surface area contributed by atoms with Crippen LogP contribution in [0.15, 0.2) is 88.6 Å². The molecule has 5 heteroatoms. The van der Waals surface area contributed by atoms with E-state index in [2.05, 4.69) is 30.1 Å². The standard InChI is InChI=1S/C26H23N3O2/c1-26(2)16-29(22-10-6-5-9-21(22)26)23(30)15-17-11-13-18(14-12-17)24-19-7-3-4-8-20(19)25(31)28-27-24/h3-14,20H,15-16H2,1-2H3. The van der Waals surface area contributed by atoms with Gasteiger partial charge in [0.15, 0.2) is 0 Å². The van der Waals surface area contributed by atoms with E-state index in [1.807, 2.05) is 71.7 Å². The van der Waals surface area contributed by atoms with Crippen LogP contribution in [-0.2, 0) is 21.4 Å². The molecule has 154 valence electrons. The van der Waals surface area contributed by atoms with Crippen LogP contribution in [0.5, 0.6) is 0 Å². The van der Waals surface area contributed by atoms with Crippen LogP contribution in [0, 0.1) is 5.92 Å². The molecule has 0 spiro atoms. The molecule has 0 fully saturated rings. The molecule has 5 nitrogen and oxygen atoms in total. The van der Waals surface area contributed by atoms with Gasteiger partial charge in [-0.1, -0.05) is 80.6 Å². The molecule has 2 aromatic carbocycles. The minimum absolute atomic E-state index is 0.0497. The molecule has 2 aliphatic heterocycles. The molecule has 1 atom stereocenters. The number of hydrogen-bond donors (Lipinski definition) is 0. The summed E-state index contributed by atoms with van der Waals surface area (Å²) in [6.45, 7) is 5.04. The van der Waals surface area contributed by atoms with E-state index in [9.17, 15) is 9.59 Å². The number of para-hydroxylation sites is 1. The van der Waals surface area contributed by atoms with Gasteiger partial charge in [-0.3, -0.25) is 9.59 Å². The minimum atomic E-state index is -0.364. The summed E-state index contributed by atoms with van der Waals surface area (Å²) in [5.74, 6) is -0.510. The van der Waals surface area contributed by atoms with E-state index in [1.165, 1.54) is 5.56 Å². The molecule has 2 amide bonds. The summed E-state index contributed by atoms with van der Waals surface area (Å²) in [4.78, 5) is 27.0. The zero-order chi connectivity index (χ0) is 21.6. The highest BCUT2D eigenvalue weighted by atomic mass is 16.2. The summed E-state index contributed by atoms with van der Waals surface area (Å²) in [6.07, 6.45) is 7.86. The number of nitrogens with zero attached hydrogens (tertiary/aromatic N) is 3. The lowest BCUT2D eigenvalue weighted by atomic mass is 9.87. The normalized spacial score (nSPS) is 20.8. The SMILES string of the molecule is CC1(C)CN(C(=O)Cc2ccc(C3=C4C=CC=CC4C(=O)N=N3)cc2)c2ccccc21. The number of azo groups is 1. The topological polar surface area (TPSA) is 62.1 Å². The van der Waals surface area contributed by atoms with Crippen LogP contribution < -0.4 is 4.90 Å². The highest BCUT2D eigenvalue weighted by Gasteiger charge is 2.37. The molecule has 0 aromatic heterocycles. The van der Waals surface area contributed by atoms with Crippen molar-refractivity contribution in [2.75, 3.05) is 11.4 Å². The summed E-state index contributed by atoms with van der Waals surface area (Å²) in [7, 11) is 0. The summed E-state index contributed by atoms with van der Waals surface area (Å²) in [5.41, 5.74) is 5.58. The molecule has 5 rings (SSSR count). The molecule has 0 saturated carbocycles. The first-order valence-corrected chi connectivity index (χ1v) is 10.5. The fourth-order valence-electron chi connectivity index (χ4n) is 4.55. The lowest BCUT2D eigenvalue weighted by molar-refractivity contribution is -0.120. The van der Waals surface area contributed by atoms with Gasteiger partial charge in [0.1, 0.15) is 0 Å². The van der Waals surface area contributed by atoms with Crippen LogP contribution in [0.25, 0.3) is 5.70 Å². The number of rotatable bonds is 3. The van der Waals surface area contributed by atoms with Gasteiger partial charge in [0.25, 0.3) is 5.91 Å². The third kappa shape index (κ3) is 3.36. The van der Waals surface area contributed by atoms with Crippen LogP contribution >= 0.6 is 0 Å². The fraction of sp³-hybridized carbons (Fsp3) is 0.231. The Hall–Kier alpha value is -3.60. The van der Waals surface area contributed by atoms with E-state index in [0.717, 1.165) is 22.4 Å². The number of benzene rings is 2. The van der Waals surface area contributed by atoms with Crippen molar-refractivity contribution in [3.05, 3.63) is 95.1 Å². The van der Waals surface area contributed by atoms with Gasteiger partial charge >= 0.3 is 0 Å². The molecular weight excluding hydrogens is 386 g/mol. The van der Waals surface area contributed by atoms with E-state index in [1.54, 1.807) is 0 Å². The van der Waals surface area contributed by atoms with Crippen molar-refractivity contribution in [1.82, 2.24) is 0 Å². The van der Waals surface area contributed by atoms with Crippen LogP contribution in [0.4, 0.5) is 5.69 Å². The van der Waals surface area contributed by atoms with Crippen molar-refractivity contribution in [1.29, 1.82) is 0 Å². The Labute approximate surface area is 181 Å². The van der Waals surface area contributed by atoms with Gasteiger partial charge in [-0.2, -0.15) is 0 Å². The number of carbonyl (C=O) groups excluding carboxylic acids is 2. The quantitative estimate of drug-likeness (QED) is 0.716. The Balaban J connectivity index is 1.37. The smallest absolute Gasteiger partial charge is 0.276 e. The van der Waals surface area contributed by atoms with Crippen molar-refractivity contribution in [2.24, 2.45) is 16.1 Å². The van der Waals surface area contributed by atoms with Crippen molar-refractivity contribution >= 4 is 23.2 Å². The molecule has 2 heterocycles. The maximum atomic E-state index is 13.1. The Kier molecular flexibility index (Phi) is 4.54. The maximum absolute atomic E-state index is 13.1. The van der Waals surface area contributed by atoms with E-state index >= 15 is 0 Å². The van der Waals surface area contributed by atoms with Crippen LogP contribution in [0.2, 0.25) is 0 Å². The first-order valence-electron chi connectivity index (χ1n) is 10.5.